The largest absolute Gasteiger partial charge is 0.478 e. The Morgan fingerprint density at radius 2 is 2.00 bits per heavy atom. The molecule has 0 bridgehead atoms. The van der Waals surface area contributed by atoms with Crippen molar-refractivity contribution in [2.24, 2.45) is 0 Å². The lowest BCUT2D eigenvalue weighted by Crippen LogP contribution is -2.34. The van der Waals surface area contributed by atoms with Crippen LogP contribution in [0.5, 0.6) is 11.5 Å². The van der Waals surface area contributed by atoms with Gasteiger partial charge in [-0.2, -0.15) is 0 Å². The zero-order valence-electron chi connectivity index (χ0n) is 15.3. The molecule has 4 heteroatoms. The van der Waals surface area contributed by atoms with Crippen LogP contribution in [0.25, 0.3) is 6.08 Å². The molecule has 1 fully saturated rings. The Bertz CT molecular complexity index is 971. The van der Waals surface area contributed by atoms with Gasteiger partial charge in [0.15, 0.2) is 5.76 Å². The van der Waals surface area contributed by atoms with Gasteiger partial charge in [0.1, 0.15) is 18.2 Å². The first kappa shape index (κ1) is 16.3. The average molecular weight is 359 g/mol. The van der Waals surface area contributed by atoms with Gasteiger partial charge in [0.25, 0.3) is 0 Å². The number of aryl methyl sites for hydroxylation is 1. The molecule has 0 unspecified atom stereocenters. The van der Waals surface area contributed by atoms with E-state index in [-0.39, 0.29) is 5.78 Å². The molecule has 0 radical (unpaired) electrons. The van der Waals surface area contributed by atoms with E-state index in [2.05, 4.69) is 4.90 Å². The van der Waals surface area contributed by atoms with Gasteiger partial charge in [-0.25, -0.2) is 0 Å². The lowest BCUT2D eigenvalue weighted by atomic mass is 9.99. The van der Waals surface area contributed by atoms with Crippen LogP contribution in [-0.2, 0) is 6.54 Å². The van der Waals surface area contributed by atoms with Crippen molar-refractivity contribution in [1.82, 2.24) is 4.90 Å². The Labute approximate surface area is 158 Å². The molecule has 4 nitrogen and oxygen atoms in total. The number of ketones is 1. The van der Waals surface area contributed by atoms with Gasteiger partial charge in [-0.3, -0.25) is 9.69 Å². The van der Waals surface area contributed by atoms with Crippen LogP contribution in [0.2, 0.25) is 0 Å². The second kappa shape index (κ2) is 6.39. The van der Waals surface area contributed by atoms with Gasteiger partial charge in [-0.05, 0) is 43.0 Å². The van der Waals surface area contributed by atoms with E-state index in [0.29, 0.717) is 29.8 Å². The van der Waals surface area contributed by atoms with Crippen LogP contribution < -0.4 is 9.47 Å². The molecule has 0 aromatic heterocycles. The number of allylic oxidation sites excluding steroid dienone is 3. The highest BCUT2D eigenvalue weighted by atomic mass is 16.5. The molecule has 1 aliphatic carbocycles. The number of carbonyl (C=O) groups is 1. The van der Waals surface area contributed by atoms with Crippen LogP contribution in [0.15, 0.2) is 54.3 Å². The quantitative estimate of drug-likeness (QED) is 0.758. The smallest absolute Gasteiger partial charge is 0.232 e. The Kier molecular flexibility index (Phi) is 3.87. The highest BCUT2D eigenvalue weighted by molar-refractivity contribution is 6.14. The van der Waals surface area contributed by atoms with Gasteiger partial charge in [-0.1, -0.05) is 42.5 Å². The molecule has 136 valence electrons. The summed E-state index contributed by atoms with van der Waals surface area (Å²) in [6, 6.07) is 12.6. The topological polar surface area (TPSA) is 38.8 Å². The third kappa shape index (κ3) is 2.96. The Morgan fingerprint density at radius 1 is 1.19 bits per heavy atom. The molecule has 2 aromatic rings. The first-order valence-corrected chi connectivity index (χ1v) is 9.40. The Balaban J connectivity index is 1.46. The molecule has 2 aromatic carbocycles. The molecule has 2 aliphatic heterocycles. The van der Waals surface area contributed by atoms with Crippen LogP contribution >= 0.6 is 0 Å². The predicted octanol–water partition coefficient (Wildman–Crippen LogP) is 4.48. The molecule has 0 N–H and O–H groups in total. The molecule has 0 amide bonds. The first-order chi connectivity index (χ1) is 13.2. The van der Waals surface area contributed by atoms with Crippen LogP contribution in [0, 0.1) is 6.92 Å². The minimum absolute atomic E-state index is 0.0495. The molecule has 0 spiro atoms. The molecule has 3 aliphatic rings. The fraction of sp³-hybridized carbons (Fsp3) is 0.261. The van der Waals surface area contributed by atoms with Crippen LogP contribution in [0.1, 0.15) is 39.9 Å². The summed E-state index contributed by atoms with van der Waals surface area (Å²) in [6.45, 7) is 3.34. The number of fused-ring (bicyclic) bond motifs is 3. The van der Waals surface area contributed by atoms with Gasteiger partial charge in [0.2, 0.25) is 5.78 Å². The van der Waals surface area contributed by atoms with Crippen molar-refractivity contribution >= 4 is 11.9 Å². The number of ether oxygens (including phenoxy) is 2. The van der Waals surface area contributed by atoms with E-state index in [0.717, 1.165) is 29.0 Å². The highest BCUT2D eigenvalue weighted by Crippen LogP contribution is 2.45. The number of benzene rings is 2. The summed E-state index contributed by atoms with van der Waals surface area (Å²) in [5.74, 6) is 1.85. The molecule has 0 atom stereocenters. The fourth-order valence-corrected chi connectivity index (χ4v) is 3.75. The predicted molar refractivity (Wildman–Crippen MR) is 104 cm³/mol. The summed E-state index contributed by atoms with van der Waals surface area (Å²) < 4.78 is 12.0. The average Bonchev–Trinajstić information content (AvgIpc) is 3.47. The van der Waals surface area contributed by atoms with Crippen molar-refractivity contribution in [3.8, 4) is 11.5 Å². The minimum Gasteiger partial charge on any atom is -0.478 e. The van der Waals surface area contributed by atoms with E-state index in [1.54, 1.807) is 6.08 Å². The van der Waals surface area contributed by atoms with E-state index >= 15 is 0 Å². The maximum atomic E-state index is 12.9. The van der Waals surface area contributed by atoms with Crippen molar-refractivity contribution in [3.63, 3.8) is 0 Å². The van der Waals surface area contributed by atoms with Crippen LogP contribution in [0.3, 0.4) is 0 Å². The Hall–Kier alpha value is -2.85. The SMILES string of the molecule is Cc1cc2c(c3c1C(=O)/C(=C/C=C/c1ccccc1)O3)CN(C1CC1)CO2. The van der Waals surface area contributed by atoms with Crippen molar-refractivity contribution < 1.29 is 14.3 Å². The Morgan fingerprint density at radius 3 is 2.78 bits per heavy atom. The fourth-order valence-electron chi connectivity index (χ4n) is 3.75. The minimum atomic E-state index is -0.0495. The van der Waals surface area contributed by atoms with Gasteiger partial charge in [0.05, 0.1) is 11.1 Å². The van der Waals surface area contributed by atoms with Gasteiger partial charge in [0, 0.05) is 12.6 Å². The highest BCUT2D eigenvalue weighted by Gasteiger charge is 2.38. The summed E-state index contributed by atoms with van der Waals surface area (Å²) >= 11 is 0. The maximum absolute atomic E-state index is 12.9. The van der Waals surface area contributed by atoms with Crippen molar-refractivity contribution in [2.45, 2.75) is 32.4 Å². The van der Waals surface area contributed by atoms with Crippen molar-refractivity contribution in [3.05, 3.63) is 76.6 Å². The summed E-state index contributed by atoms with van der Waals surface area (Å²) in [6.07, 6.45) is 8.03. The number of rotatable bonds is 3. The number of hydrogen-bond donors (Lipinski definition) is 0. The van der Waals surface area contributed by atoms with Crippen molar-refractivity contribution in [1.29, 1.82) is 0 Å². The molecule has 0 saturated heterocycles. The van der Waals surface area contributed by atoms with E-state index in [1.165, 1.54) is 12.8 Å². The molecular weight excluding hydrogens is 338 g/mol. The lowest BCUT2D eigenvalue weighted by molar-refractivity contribution is 0.0867. The molecule has 5 rings (SSSR count). The number of nitrogens with zero attached hydrogens (tertiary/aromatic N) is 1. The van der Waals surface area contributed by atoms with E-state index in [1.807, 2.05) is 55.5 Å². The van der Waals surface area contributed by atoms with E-state index in [9.17, 15) is 4.79 Å². The standard InChI is InChI=1S/C23H21NO3/c1-15-12-20-18(13-24(14-26-20)17-10-11-17)23-21(15)22(25)19(27-23)9-5-8-16-6-3-2-4-7-16/h2-9,12,17H,10-11,13-14H2,1H3/b8-5+,19-9-. The maximum Gasteiger partial charge on any atom is 0.232 e. The summed E-state index contributed by atoms with van der Waals surface area (Å²) in [5, 5.41) is 0. The second-order valence-electron chi connectivity index (χ2n) is 7.36. The molecule has 2 heterocycles. The lowest BCUT2D eigenvalue weighted by Gasteiger charge is -2.30. The molecule has 27 heavy (non-hydrogen) atoms. The summed E-state index contributed by atoms with van der Waals surface area (Å²) in [4.78, 5) is 15.2. The monoisotopic (exact) mass is 359 g/mol. The molecular formula is C23H21NO3. The number of carbonyl (C=O) groups excluding carboxylic acids is 1. The normalized spacial score (nSPS) is 20.5. The number of Topliss-reactive ketones (excluding diaryl/α,β-unsaturated/α-hetero) is 1. The second-order valence-corrected chi connectivity index (χ2v) is 7.36. The summed E-state index contributed by atoms with van der Waals surface area (Å²) in [5.41, 5.74) is 3.66. The van der Waals surface area contributed by atoms with E-state index in [4.69, 9.17) is 9.47 Å². The van der Waals surface area contributed by atoms with Crippen molar-refractivity contribution in [2.75, 3.05) is 6.73 Å². The van der Waals surface area contributed by atoms with Gasteiger partial charge in [-0.15, -0.1) is 0 Å². The van der Waals surface area contributed by atoms with Crippen LogP contribution in [0.4, 0.5) is 0 Å². The molecule has 1 saturated carbocycles. The number of hydrogen-bond acceptors (Lipinski definition) is 4. The summed E-state index contributed by atoms with van der Waals surface area (Å²) in [7, 11) is 0. The zero-order valence-corrected chi connectivity index (χ0v) is 15.3. The third-order valence-corrected chi connectivity index (χ3v) is 5.35. The van der Waals surface area contributed by atoms with Crippen LogP contribution in [-0.4, -0.2) is 23.5 Å². The third-order valence-electron chi connectivity index (χ3n) is 5.35. The van der Waals surface area contributed by atoms with Gasteiger partial charge < -0.3 is 9.47 Å². The van der Waals surface area contributed by atoms with E-state index < -0.39 is 0 Å². The zero-order chi connectivity index (χ0) is 18.4. The first-order valence-electron chi connectivity index (χ1n) is 9.40. The van der Waals surface area contributed by atoms with Gasteiger partial charge >= 0.3 is 0 Å².